The minimum atomic E-state index is -4.41. The quantitative estimate of drug-likeness (QED) is 0.130. The topological polar surface area (TPSA) is 66.4 Å². The molecule has 0 N–H and O–H groups in total. The molecule has 0 heterocycles. The van der Waals surface area contributed by atoms with Crippen molar-refractivity contribution in [1.82, 2.24) is 0 Å². The van der Waals surface area contributed by atoms with Gasteiger partial charge in [-0.25, -0.2) is 8.42 Å². The SMILES string of the molecule is CCCCCCCCC[S+](C)CCCCCCCCC.COS(=O)(=O)[O-]. The highest BCUT2D eigenvalue weighted by atomic mass is 32.3. The molecule has 0 amide bonds. The molecule has 0 aliphatic heterocycles. The van der Waals surface area contributed by atoms with E-state index in [0.29, 0.717) is 10.9 Å². The lowest BCUT2D eigenvalue weighted by Gasteiger charge is -2.04. The van der Waals surface area contributed by atoms with Gasteiger partial charge in [-0.3, -0.25) is 4.18 Å². The van der Waals surface area contributed by atoms with Crippen LogP contribution in [0, 0.1) is 0 Å². The van der Waals surface area contributed by atoms with Crippen LogP contribution in [0.25, 0.3) is 0 Å². The molecule has 160 valence electrons. The lowest BCUT2D eigenvalue weighted by atomic mass is 10.1. The van der Waals surface area contributed by atoms with Crippen LogP contribution < -0.4 is 0 Å². The van der Waals surface area contributed by atoms with Gasteiger partial charge < -0.3 is 4.55 Å². The summed E-state index contributed by atoms with van der Waals surface area (Å²) < 4.78 is 31.0. The molecule has 0 bridgehead atoms. The Kier molecular flexibility index (Phi) is 23.5. The second-order valence-corrected chi connectivity index (χ2v) is 10.5. The summed E-state index contributed by atoms with van der Waals surface area (Å²) in [5.74, 6) is 3.01. The Labute approximate surface area is 167 Å². The van der Waals surface area contributed by atoms with Crippen LogP contribution in [0.1, 0.15) is 104 Å². The standard InChI is InChI=1S/C19H41S.CH4O4S/c1-4-6-8-10-12-14-16-18-20(3)19-17-15-13-11-9-7-5-2;1-5-6(2,3)4/h4-19H2,1-3H3;1H3,(H,2,3,4)/q+1;/p-1. The van der Waals surface area contributed by atoms with E-state index in [-0.39, 0.29) is 0 Å². The van der Waals surface area contributed by atoms with E-state index in [9.17, 15) is 13.0 Å². The minimum Gasteiger partial charge on any atom is -0.726 e. The molecule has 0 radical (unpaired) electrons. The summed E-state index contributed by atoms with van der Waals surface area (Å²) in [6, 6.07) is 0. The third-order valence-electron chi connectivity index (χ3n) is 4.40. The molecule has 0 rings (SSSR count). The number of hydrogen-bond acceptors (Lipinski definition) is 4. The van der Waals surface area contributed by atoms with Crippen LogP contribution >= 0.6 is 0 Å². The Morgan fingerprint density at radius 2 is 0.962 bits per heavy atom. The van der Waals surface area contributed by atoms with Crippen molar-refractivity contribution < 1.29 is 17.2 Å². The van der Waals surface area contributed by atoms with Crippen molar-refractivity contribution in [3.63, 3.8) is 0 Å². The molecule has 0 atom stereocenters. The molecule has 0 aromatic carbocycles. The monoisotopic (exact) mass is 412 g/mol. The van der Waals surface area contributed by atoms with Crippen LogP contribution in [-0.2, 0) is 25.5 Å². The Morgan fingerprint density at radius 3 is 1.23 bits per heavy atom. The van der Waals surface area contributed by atoms with Crippen LogP contribution in [-0.4, -0.2) is 37.8 Å². The summed E-state index contributed by atoms with van der Waals surface area (Å²) >= 11 is 0. The van der Waals surface area contributed by atoms with Crippen molar-refractivity contribution >= 4 is 21.3 Å². The fraction of sp³-hybridized carbons (Fsp3) is 1.00. The van der Waals surface area contributed by atoms with Gasteiger partial charge >= 0.3 is 0 Å². The van der Waals surface area contributed by atoms with Gasteiger partial charge in [-0.15, -0.1) is 0 Å². The highest BCUT2D eigenvalue weighted by Crippen LogP contribution is 2.11. The predicted octanol–water partition coefficient (Wildman–Crippen LogP) is 5.83. The van der Waals surface area contributed by atoms with Crippen molar-refractivity contribution in [2.75, 3.05) is 24.9 Å². The summed E-state index contributed by atoms with van der Waals surface area (Å²) in [6.07, 6.45) is 22.9. The Morgan fingerprint density at radius 1 is 0.692 bits per heavy atom. The van der Waals surface area contributed by atoms with Crippen LogP contribution in [0.5, 0.6) is 0 Å². The maximum absolute atomic E-state index is 9.22. The molecule has 0 unspecified atom stereocenters. The minimum absolute atomic E-state index is 0.712. The molecular formula is C20H44O4S2. The second kappa shape index (κ2) is 21.5. The van der Waals surface area contributed by atoms with Crippen LogP contribution in [0.15, 0.2) is 0 Å². The molecule has 0 saturated carbocycles. The maximum atomic E-state index is 9.22. The van der Waals surface area contributed by atoms with Gasteiger partial charge in [0.1, 0.15) is 11.5 Å². The molecule has 0 spiro atoms. The lowest BCUT2D eigenvalue weighted by Crippen LogP contribution is -2.10. The Hall–Kier alpha value is 0.220. The summed E-state index contributed by atoms with van der Waals surface area (Å²) in [4.78, 5) is 0. The van der Waals surface area contributed by atoms with Crippen LogP contribution in [0.4, 0.5) is 0 Å². The van der Waals surface area contributed by atoms with E-state index in [2.05, 4.69) is 24.3 Å². The number of rotatable bonds is 17. The Bertz CT molecular complexity index is 341. The van der Waals surface area contributed by atoms with Crippen molar-refractivity contribution in [3.8, 4) is 0 Å². The third-order valence-corrected chi connectivity index (χ3v) is 6.78. The molecule has 0 fully saturated rings. The zero-order valence-corrected chi connectivity index (χ0v) is 19.4. The predicted molar refractivity (Wildman–Crippen MR) is 116 cm³/mol. The van der Waals surface area contributed by atoms with E-state index in [0.717, 1.165) is 7.11 Å². The first kappa shape index (κ1) is 28.4. The highest BCUT2D eigenvalue weighted by Gasteiger charge is 2.09. The van der Waals surface area contributed by atoms with Crippen LogP contribution in [0.3, 0.4) is 0 Å². The molecule has 0 aromatic rings. The van der Waals surface area contributed by atoms with Gasteiger partial charge in [0.05, 0.1) is 13.4 Å². The largest absolute Gasteiger partial charge is 0.726 e. The fourth-order valence-corrected chi connectivity index (χ4v) is 4.31. The van der Waals surface area contributed by atoms with Gasteiger partial charge in [0, 0.05) is 0 Å². The molecule has 0 aliphatic rings. The first-order chi connectivity index (χ1) is 12.4. The first-order valence-corrected chi connectivity index (χ1v) is 13.8. The molecular weight excluding hydrogens is 368 g/mol. The lowest BCUT2D eigenvalue weighted by molar-refractivity contribution is 0.314. The zero-order chi connectivity index (χ0) is 20.1. The van der Waals surface area contributed by atoms with Gasteiger partial charge in [-0.1, -0.05) is 78.1 Å². The van der Waals surface area contributed by atoms with Crippen molar-refractivity contribution in [3.05, 3.63) is 0 Å². The van der Waals surface area contributed by atoms with Gasteiger partial charge in [0.25, 0.3) is 0 Å². The van der Waals surface area contributed by atoms with Gasteiger partial charge in [0.2, 0.25) is 10.4 Å². The average molecular weight is 413 g/mol. The Balaban J connectivity index is 0. The van der Waals surface area contributed by atoms with Gasteiger partial charge in [-0.05, 0) is 36.6 Å². The molecule has 4 nitrogen and oxygen atoms in total. The van der Waals surface area contributed by atoms with E-state index < -0.39 is 10.4 Å². The molecule has 6 heteroatoms. The maximum Gasteiger partial charge on any atom is 0.217 e. The van der Waals surface area contributed by atoms with Gasteiger partial charge in [-0.2, -0.15) is 0 Å². The van der Waals surface area contributed by atoms with Crippen molar-refractivity contribution in [2.45, 2.75) is 104 Å². The second-order valence-electron chi connectivity index (χ2n) is 7.01. The summed E-state index contributed by atoms with van der Waals surface area (Å²) in [6.45, 7) is 4.60. The van der Waals surface area contributed by atoms with E-state index >= 15 is 0 Å². The van der Waals surface area contributed by atoms with Crippen molar-refractivity contribution in [2.24, 2.45) is 0 Å². The summed E-state index contributed by atoms with van der Waals surface area (Å²) in [5.41, 5.74) is 0. The first-order valence-electron chi connectivity index (χ1n) is 10.5. The average Bonchev–Trinajstić information content (AvgIpc) is 2.60. The molecule has 0 aromatic heterocycles. The van der Waals surface area contributed by atoms with E-state index in [1.54, 1.807) is 0 Å². The van der Waals surface area contributed by atoms with Crippen molar-refractivity contribution in [1.29, 1.82) is 0 Å². The molecule has 0 aliphatic carbocycles. The third kappa shape index (κ3) is 29.0. The van der Waals surface area contributed by atoms with Gasteiger partial charge in [0.15, 0.2) is 0 Å². The normalized spacial score (nSPS) is 11.5. The van der Waals surface area contributed by atoms with E-state index in [1.165, 1.54) is 101 Å². The molecule has 0 saturated heterocycles. The highest BCUT2D eigenvalue weighted by molar-refractivity contribution is 7.96. The summed E-state index contributed by atoms with van der Waals surface area (Å²) in [5, 5.41) is 0. The fourth-order valence-electron chi connectivity index (χ4n) is 2.71. The van der Waals surface area contributed by atoms with E-state index in [4.69, 9.17) is 0 Å². The summed E-state index contributed by atoms with van der Waals surface area (Å²) in [7, 11) is -2.89. The van der Waals surface area contributed by atoms with E-state index in [1.807, 2.05) is 0 Å². The molecule has 26 heavy (non-hydrogen) atoms. The zero-order valence-electron chi connectivity index (χ0n) is 17.8. The smallest absolute Gasteiger partial charge is 0.217 e. The van der Waals surface area contributed by atoms with Crippen LogP contribution in [0.2, 0.25) is 0 Å². The number of hydrogen-bond donors (Lipinski definition) is 0. The number of unbranched alkanes of at least 4 members (excludes halogenated alkanes) is 12.